The maximum Gasteiger partial charge on any atom is 0.256 e. The maximum absolute atomic E-state index is 14.1. The first-order valence-corrected chi connectivity index (χ1v) is 13.1. The lowest BCUT2D eigenvalue weighted by molar-refractivity contribution is 0.0794. The minimum Gasteiger partial charge on any atom is -0.492 e. The van der Waals surface area contributed by atoms with Crippen LogP contribution in [0.15, 0.2) is 59.9 Å². The number of carbonyl (C=O) groups is 1. The van der Waals surface area contributed by atoms with Crippen LogP contribution < -0.4 is 26.5 Å². The Hall–Kier alpha value is -3.55. The number of nitrogens with zero attached hydrogens (tertiary/aromatic N) is 4. The molecule has 11 nitrogen and oxygen atoms in total. The molecule has 13 heteroatoms. The van der Waals surface area contributed by atoms with Crippen LogP contribution in [0.3, 0.4) is 0 Å². The number of hydrogen-bond donors (Lipinski definition) is 5. The van der Waals surface area contributed by atoms with Crippen molar-refractivity contribution in [3.8, 4) is 0 Å². The van der Waals surface area contributed by atoms with Gasteiger partial charge in [-0.15, -0.1) is 0 Å². The predicted octanol–water partition coefficient (Wildman–Crippen LogP) is 1.42. The number of aliphatic hydroxyl groups is 1. The molecule has 2 fully saturated rings. The van der Waals surface area contributed by atoms with Crippen LogP contribution >= 0.6 is 11.6 Å². The zero-order valence-electron chi connectivity index (χ0n) is 21.1. The molecule has 3 atom stereocenters. The van der Waals surface area contributed by atoms with Crippen LogP contribution in [0.4, 0.5) is 10.2 Å². The lowest BCUT2D eigenvalue weighted by Gasteiger charge is -2.36. The number of hydrogen-bond acceptors (Lipinski definition) is 10. The molecule has 1 aromatic carbocycles. The largest absolute Gasteiger partial charge is 0.492 e. The number of hydrazine groups is 2. The maximum atomic E-state index is 14.1. The zero-order valence-corrected chi connectivity index (χ0v) is 21.9. The third kappa shape index (κ3) is 4.85. The minimum absolute atomic E-state index is 0.0226. The molecule has 6 rings (SSSR count). The average Bonchev–Trinajstić information content (AvgIpc) is 3.51. The van der Waals surface area contributed by atoms with Crippen molar-refractivity contribution in [2.24, 2.45) is 0 Å². The van der Waals surface area contributed by atoms with Crippen LogP contribution in [0, 0.1) is 5.82 Å². The standard InChI is InChI=1S/C26H28ClFN8O3/c1-2-39-14-8-15(24-16-9-31-33-25(16)34-36(24)12-14)20-10-30-22(11-29-20)35-7-6-19(21(37)13-35)32-26(38)23-17(27)4-3-5-18(23)28/h3-5,8,10-12,19,21,25,31,33-34,37H,2,6-7,9,13H2,1H3,(H,32,38)/t19-,21-,25?/m0/s1. The van der Waals surface area contributed by atoms with Gasteiger partial charge in [-0.25, -0.2) is 20.2 Å². The Labute approximate surface area is 229 Å². The number of rotatable bonds is 6. The molecule has 1 unspecified atom stereocenters. The Morgan fingerprint density at radius 1 is 1.33 bits per heavy atom. The number of piperidine rings is 1. The number of carbonyl (C=O) groups excluding carboxylic acids is 1. The fourth-order valence-electron chi connectivity index (χ4n) is 5.23. The first-order valence-electron chi connectivity index (χ1n) is 12.8. The lowest BCUT2D eigenvalue weighted by Crippen LogP contribution is -2.54. The van der Waals surface area contributed by atoms with E-state index in [1.165, 1.54) is 23.8 Å². The average molecular weight is 555 g/mol. The van der Waals surface area contributed by atoms with Gasteiger partial charge in [0, 0.05) is 30.8 Å². The third-order valence-corrected chi connectivity index (χ3v) is 7.44. The van der Waals surface area contributed by atoms with Crippen molar-refractivity contribution in [2.45, 2.75) is 31.7 Å². The van der Waals surface area contributed by atoms with Gasteiger partial charge >= 0.3 is 0 Å². The molecule has 0 saturated carbocycles. The van der Waals surface area contributed by atoms with Gasteiger partial charge in [-0.05, 0) is 31.6 Å². The molecule has 2 aromatic rings. The normalized spacial score (nSPS) is 24.3. The second-order valence-electron chi connectivity index (χ2n) is 9.56. The van der Waals surface area contributed by atoms with Crippen molar-refractivity contribution in [3.63, 3.8) is 0 Å². The molecule has 4 aliphatic heterocycles. The summed E-state index contributed by atoms with van der Waals surface area (Å²) in [6.07, 6.45) is 6.81. The lowest BCUT2D eigenvalue weighted by atomic mass is 10.0. The SMILES string of the molecule is CCOC1=CN2NC3NNCC3=C2C(c2cnc(N3CC[C@H](NC(=O)c4c(F)cccc4Cl)[C@@H](O)C3)cn2)=C1. The first kappa shape index (κ1) is 25.7. The minimum atomic E-state index is -0.890. The molecule has 39 heavy (non-hydrogen) atoms. The number of halogens is 2. The molecule has 0 radical (unpaired) electrons. The molecule has 5 heterocycles. The molecule has 0 spiro atoms. The van der Waals surface area contributed by atoms with E-state index in [9.17, 15) is 14.3 Å². The highest BCUT2D eigenvalue weighted by Gasteiger charge is 2.38. The number of β-amino-alcohol motifs (C(OH)–C–C–N with tert-alkyl or cyclic N) is 1. The highest BCUT2D eigenvalue weighted by atomic mass is 35.5. The highest BCUT2D eigenvalue weighted by Crippen LogP contribution is 2.37. The van der Waals surface area contributed by atoms with E-state index in [1.54, 1.807) is 12.4 Å². The van der Waals surface area contributed by atoms with Crippen molar-refractivity contribution in [2.75, 3.05) is 31.1 Å². The summed E-state index contributed by atoms with van der Waals surface area (Å²) in [5.74, 6) is -0.0325. The topological polar surface area (TPSA) is 127 Å². The second kappa shape index (κ2) is 10.5. The van der Waals surface area contributed by atoms with E-state index in [2.05, 4.69) is 26.6 Å². The van der Waals surface area contributed by atoms with Crippen LogP contribution in [0.5, 0.6) is 0 Å². The molecule has 5 N–H and O–H groups in total. The van der Waals surface area contributed by atoms with E-state index in [0.717, 1.165) is 11.3 Å². The van der Waals surface area contributed by atoms with Gasteiger partial charge in [-0.1, -0.05) is 17.7 Å². The third-order valence-electron chi connectivity index (χ3n) is 7.12. The number of fused-ring (bicyclic) bond motifs is 2. The number of allylic oxidation sites excluding steroid dienone is 2. The van der Waals surface area contributed by atoms with Crippen LogP contribution in [0.25, 0.3) is 5.57 Å². The number of amides is 1. The number of nitrogens with one attached hydrogen (secondary N) is 4. The first-order chi connectivity index (χ1) is 18.9. The molecule has 0 aliphatic carbocycles. The molecule has 2 saturated heterocycles. The fraction of sp³-hybridized carbons (Fsp3) is 0.346. The Balaban J connectivity index is 1.16. The van der Waals surface area contributed by atoms with Crippen LogP contribution in [0.1, 0.15) is 29.4 Å². The van der Waals surface area contributed by atoms with E-state index in [1.807, 2.05) is 29.1 Å². The quantitative estimate of drug-likeness (QED) is 0.358. The highest BCUT2D eigenvalue weighted by molar-refractivity contribution is 6.33. The smallest absolute Gasteiger partial charge is 0.256 e. The van der Waals surface area contributed by atoms with Gasteiger partial charge < -0.3 is 20.1 Å². The summed E-state index contributed by atoms with van der Waals surface area (Å²) < 4.78 is 19.9. The van der Waals surface area contributed by atoms with Gasteiger partial charge in [-0.3, -0.25) is 20.2 Å². The summed E-state index contributed by atoms with van der Waals surface area (Å²) in [4.78, 5) is 23.9. The van der Waals surface area contributed by atoms with E-state index in [0.29, 0.717) is 43.4 Å². The number of aliphatic hydroxyl groups excluding tert-OH is 1. The summed E-state index contributed by atoms with van der Waals surface area (Å²) in [6, 6.07) is 3.52. The molecule has 1 amide bonds. The molecule has 0 bridgehead atoms. The van der Waals surface area contributed by atoms with Gasteiger partial charge in [0.1, 0.15) is 23.6 Å². The molecule has 4 aliphatic rings. The Morgan fingerprint density at radius 2 is 2.21 bits per heavy atom. The van der Waals surface area contributed by atoms with Crippen molar-refractivity contribution in [3.05, 3.63) is 82.0 Å². The Bertz CT molecular complexity index is 1360. The molecule has 204 valence electrons. The van der Waals surface area contributed by atoms with Gasteiger partial charge in [0.2, 0.25) is 0 Å². The number of benzene rings is 1. The summed E-state index contributed by atoms with van der Waals surface area (Å²) in [6.45, 7) is 3.92. The number of ether oxygens (including phenoxy) is 1. The Kier molecular flexibility index (Phi) is 6.95. The van der Waals surface area contributed by atoms with Crippen molar-refractivity contribution < 1.29 is 19.0 Å². The summed E-state index contributed by atoms with van der Waals surface area (Å²) in [5.41, 5.74) is 13.3. The van der Waals surface area contributed by atoms with Gasteiger partial charge in [0.25, 0.3) is 5.91 Å². The fourth-order valence-corrected chi connectivity index (χ4v) is 5.48. The van der Waals surface area contributed by atoms with Gasteiger partial charge in [0.05, 0.1) is 59.3 Å². The van der Waals surface area contributed by atoms with Gasteiger partial charge in [0.15, 0.2) is 0 Å². The molecular formula is C26H28ClFN8O3. The van der Waals surface area contributed by atoms with Crippen LogP contribution in [0.2, 0.25) is 5.02 Å². The van der Waals surface area contributed by atoms with Crippen molar-refractivity contribution in [1.82, 2.24) is 36.6 Å². The van der Waals surface area contributed by atoms with Crippen molar-refractivity contribution in [1.29, 1.82) is 0 Å². The number of anilines is 1. The molecule has 1 aromatic heterocycles. The van der Waals surface area contributed by atoms with E-state index in [-0.39, 0.29) is 23.3 Å². The van der Waals surface area contributed by atoms with Gasteiger partial charge in [-0.2, -0.15) is 0 Å². The van der Waals surface area contributed by atoms with Crippen LogP contribution in [-0.2, 0) is 4.74 Å². The monoisotopic (exact) mass is 554 g/mol. The summed E-state index contributed by atoms with van der Waals surface area (Å²) in [7, 11) is 0. The second-order valence-corrected chi connectivity index (χ2v) is 9.97. The summed E-state index contributed by atoms with van der Waals surface area (Å²) >= 11 is 6.01. The van der Waals surface area contributed by atoms with Crippen LogP contribution in [-0.4, -0.2) is 70.5 Å². The summed E-state index contributed by atoms with van der Waals surface area (Å²) in [5, 5.41) is 15.5. The Morgan fingerprint density at radius 3 is 2.95 bits per heavy atom. The molecular weight excluding hydrogens is 527 g/mol. The zero-order chi connectivity index (χ0) is 27.1. The number of aromatic nitrogens is 2. The van der Waals surface area contributed by atoms with E-state index in [4.69, 9.17) is 21.3 Å². The predicted molar refractivity (Wildman–Crippen MR) is 142 cm³/mol. The van der Waals surface area contributed by atoms with E-state index >= 15 is 0 Å². The van der Waals surface area contributed by atoms with E-state index < -0.39 is 23.9 Å². The van der Waals surface area contributed by atoms with Crippen molar-refractivity contribution >= 4 is 28.9 Å².